The smallest absolute Gasteiger partial charge is 0.307 e. The fourth-order valence-corrected chi connectivity index (χ4v) is 3.78. The largest absolute Gasteiger partial charge is 0.328 e. The molecule has 8 nitrogen and oxygen atoms in total. The summed E-state index contributed by atoms with van der Waals surface area (Å²) in [5.41, 5.74) is 1.96. The van der Waals surface area contributed by atoms with Crippen LogP contribution in [-0.4, -0.2) is 24.8 Å². The molecule has 0 aliphatic carbocycles. The van der Waals surface area contributed by atoms with Gasteiger partial charge in [0, 0.05) is 23.9 Å². The number of pyridine rings is 1. The van der Waals surface area contributed by atoms with Crippen LogP contribution in [0.25, 0.3) is 27.8 Å². The topological polar surface area (TPSA) is 101 Å². The fourth-order valence-electron chi connectivity index (χ4n) is 3.78. The molecule has 32 heavy (non-hydrogen) atoms. The molecule has 0 atom stereocenters. The number of aromatic amines is 1. The summed E-state index contributed by atoms with van der Waals surface area (Å²) in [5, 5.41) is 3.30. The summed E-state index contributed by atoms with van der Waals surface area (Å²) in [7, 11) is 0. The lowest BCUT2D eigenvalue weighted by Gasteiger charge is -2.09. The Morgan fingerprint density at radius 1 is 1.03 bits per heavy atom. The van der Waals surface area contributed by atoms with E-state index in [9.17, 15) is 14.4 Å². The number of H-pyrrole nitrogens is 1. The van der Waals surface area contributed by atoms with Gasteiger partial charge in [0.15, 0.2) is 0 Å². The molecule has 158 valence electrons. The summed E-state index contributed by atoms with van der Waals surface area (Å²) in [6.45, 7) is 1.99. The second-order valence-corrected chi connectivity index (χ2v) is 7.30. The summed E-state index contributed by atoms with van der Waals surface area (Å²) in [4.78, 5) is 45.2. The van der Waals surface area contributed by atoms with Gasteiger partial charge in [-0.1, -0.05) is 36.4 Å². The highest BCUT2D eigenvalue weighted by atomic mass is 16.2. The fraction of sp³-hybridized carbons (Fsp3) is 0.0833. The molecule has 0 saturated heterocycles. The molecule has 0 bridgehead atoms. The van der Waals surface area contributed by atoms with Gasteiger partial charge in [-0.15, -0.1) is 0 Å². The Morgan fingerprint density at radius 3 is 2.59 bits per heavy atom. The molecule has 0 radical (unpaired) electrons. The van der Waals surface area contributed by atoms with Crippen LogP contribution in [-0.2, 0) is 6.54 Å². The number of carbonyl (C=O) groups excluding carboxylic acids is 1. The first-order chi connectivity index (χ1) is 15.6. The van der Waals surface area contributed by atoms with Crippen molar-refractivity contribution in [1.29, 1.82) is 0 Å². The highest BCUT2D eigenvalue weighted by Crippen LogP contribution is 2.29. The highest BCUT2D eigenvalue weighted by molar-refractivity contribution is 6.07. The van der Waals surface area contributed by atoms with Crippen LogP contribution in [0.1, 0.15) is 17.3 Å². The molecule has 2 N–H and O–H groups in total. The lowest BCUT2D eigenvalue weighted by atomic mass is 10.1. The maximum absolute atomic E-state index is 13.1. The lowest BCUT2D eigenvalue weighted by Crippen LogP contribution is -2.34. The van der Waals surface area contributed by atoms with E-state index in [2.05, 4.69) is 15.3 Å². The van der Waals surface area contributed by atoms with Gasteiger partial charge >= 0.3 is 5.69 Å². The van der Waals surface area contributed by atoms with E-state index in [0.29, 0.717) is 33.6 Å². The van der Waals surface area contributed by atoms with E-state index in [4.69, 9.17) is 0 Å². The summed E-state index contributed by atoms with van der Waals surface area (Å²) in [5.74, 6) is 0.155. The second-order valence-electron chi connectivity index (χ2n) is 7.30. The van der Waals surface area contributed by atoms with Crippen molar-refractivity contribution >= 4 is 28.3 Å². The minimum Gasteiger partial charge on any atom is -0.307 e. The van der Waals surface area contributed by atoms with Crippen LogP contribution in [0.2, 0.25) is 0 Å². The Bertz CT molecular complexity index is 1600. The van der Waals surface area contributed by atoms with Gasteiger partial charge in [-0.25, -0.2) is 9.78 Å². The average molecular weight is 425 g/mol. The van der Waals surface area contributed by atoms with Crippen molar-refractivity contribution in [2.45, 2.75) is 13.5 Å². The Hall–Kier alpha value is -4.46. The molecule has 0 unspecified atom stereocenters. The monoisotopic (exact) mass is 425 g/mol. The molecule has 1 amide bonds. The number of hydrogen-bond donors (Lipinski definition) is 2. The average Bonchev–Trinajstić information content (AvgIpc) is 3.18. The number of anilines is 1. The number of hydrogen-bond acceptors (Lipinski definition) is 4. The molecule has 0 aliphatic heterocycles. The molecular formula is C24H19N5O3. The zero-order chi connectivity index (χ0) is 22.2. The van der Waals surface area contributed by atoms with E-state index >= 15 is 0 Å². The summed E-state index contributed by atoms with van der Waals surface area (Å²) in [6.07, 6.45) is 1.83. The van der Waals surface area contributed by atoms with Crippen molar-refractivity contribution in [1.82, 2.24) is 18.9 Å². The SMILES string of the molecule is CCn1c(=O)[nH]c2cc(C(=O)Nc3c(-c4ccccc4)nc4ccccn34)ccc2c1=O. The van der Waals surface area contributed by atoms with E-state index in [0.717, 1.165) is 10.1 Å². The van der Waals surface area contributed by atoms with Crippen LogP contribution in [0, 0.1) is 0 Å². The first-order valence-corrected chi connectivity index (χ1v) is 10.2. The van der Waals surface area contributed by atoms with Crippen molar-refractivity contribution in [3.8, 4) is 11.3 Å². The molecule has 8 heteroatoms. The molecule has 2 aromatic carbocycles. The van der Waals surface area contributed by atoms with E-state index < -0.39 is 5.69 Å². The van der Waals surface area contributed by atoms with Crippen LogP contribution in [0.15, 0.2) is 82.5 Å². The molecule has 3 heterocycles. The maximum atomic E-state index is 13.1. The lowest BCUT2D eigenvalue weighted by molar-refractivity contribution is 0.102. The van der Waals surface area contributed by atoms with Crippen molar-refractivity contribution in [2.24, 2.45) is 0 Å². The third-order valence-electron chi connectivity index (χ3n) is 5.37. The van der Waals surface area contributed by atoms with Gasteiger partial charge in [0.25, 0.3) is 11.5 Å². The number of nitrogens with one attached hydrogen (secondary N) is 2. The van der Waals surface area contributed by atoms with Gasteiger partial charge in [0.2, 0.25) is 0 Å². The van der Waals surface area contributed by atoms with Gasteiger partial charge in [0.05, 0.1) is 10.9 Å². The van der Waals surface area contributed by atoms with E-state index in [1.807, 2.05) is 59.1 Å². The normalized spacial score (nSPS) is 11.2. The maximum Gasteiger partial charge on any atom is 0.328 e. The van der Waals surface area contributed by atoms with E-state index in [1.165, 1.54) is 6.07 Å². The van der Waals surface area contributed by atoms with Gasteiger partial charge in [0.1, 0.15) is 17.2 Å². The van der Waals surface area contributed by atoms with Gasteiger partial charge < -0.3 is 10.3 Å². The zero-order valence-corrected chi connectivity index (χ0v) is 17.2. The summed E-state index contributed by atoms with van der Waals surface area (Å²) < 4.78 is 2.93. The van der Waals surface area contributed by atoms with Crippen LogP contribution in [0.4, 0.5) is 5.82 Å². The summed E-state index contributed by atoms with van der Waals surface area (Å²) in [6, 6.07) is 19.8. The molecule has 0 fully saturated rings. The molecular weight excluding hydrogens is 406 g/mol. The van der Waals surface area contributed by atoms with Crippen LogP contribution in [0.3, 0.4) is 0 Å². The van der Waals surface area contributed by atoms with Gasteiger partial charge in [-0.2, -0.15) is 0 Å². The Kier molecular flexibility index (Phi) is 4.67. The predicted molar refractivity (Wildman–Crippen MR) is 123 cm³/mol. The van der Waals surface area contributed by atoms with E-state index in [-0.39, 0.29) is 18.0 Å². The zero-order valence-electron chi connectivity index (χ0n) is 17.2. The van der Waals surface area contributed by atoms with Gasteiger partial charge in [-0.05, 0) is 37.3 Å². The number of aromatic nitrogens is 4. The number of benzene rings is 2. The quantitative estimate of drug-likeness (QED) is 0.461. The minimum absolute atomic E-state index is 0.267. The minimum atomic E-state index is -0.504. The number of nitrogens with zero attached hydrogens (tertiary/aromatic N) is 3. The number of imidazole rings is 1. The third-order valence-corrected chi connectivity index (χ3v) is 5.37. The number of carbonyl (C=O) groups is 1. The molecule has 0 spiro atoms. The van der Waals surface area contributed by atoms with Gasteiger partial charge in [-0.3, -0.25) is 18.6 Å². The molecule has 5 rings (SSSR count). The first-order valence-electron chi connectivity index (χ1n) is 10.2. The van der Waals surface area contributed by atoms with Crippen LogP contribution >= 0.6 is 0 Å². The predicted octanol–water partition coefficient (Wildman–Crippen LogP) is 3.28. The second kappa shape index (κ2) is 7.66. The number of fused-ring (bicyclic) bond motifs is 2. The van der Waals surface area contributed by atoms with Crippen LogP contribution < -0.4 is 16.6 Å². The van der Waals surface area contributed by atoms with Crippen molar-refractivity contribution < 1.29 is 4.79 Å². The molecule has 3 aromatic heterocycles. The first kappa shape index (κ1) is 19.5. The Morgan fingerprint density at radius 2 is 1.81 bits per heavy atom. The molecule has 0 aliphatic rings. The third kappa shape index (κ3) is 3.18. The molecule has 0 saturated carbocycles. The standard InChI is InChI=1S/C24H19N5O3/c1-2-28-23(31)17-12-11-16(14-18(17)25-24(28)32)22(30)27-21-20(15-8-4-3-5-9-15)26-19-10-6-7-13-29(19)21/h3-14H,2H2,1H3,(H,25,32)(H,27,30). The van der Waals surface area contributed by atoms with Crippen molar-refractivity contribution in [3.05, 3.63) is 99.3 Å². The highest BCUT2D eigenvalue weighted by Gasteiger charge is 2.18. The number of amides is 1. The summed E-state index contributed by atoms with van der Waals surface area (Å²) >= 11 is 0. The van der Waals surface area contributed by atoms with Crippen LogP contribution in [0.5, 0.6) is 0 Å². The van der Waals surface area contributed by atoms with E-state index in [1.54, 1.807) is 19.1 Å². The van der Waals surface area contributed by atoms with Crippen molar-refractivity contribution in [3.63, 3.8) is 0 Å². The van der Waals surface area contributed by atoms with Crippen molar-refractivity contribution in [2.75, 3.05) is 5.32 Å². The number of rotatable bonds is 4. The Labute approximate surface area is 181 Å². The molecule has 5 aromatic rings. The Balaban J connectivity index is 1.59.